The van der Waals surface area contributed by atoms with E-state index in [4.69, 9.17) is 4.74 Å². The van der Waals surface area contributed by atoms with Gasteiger partial charge in [0.05, 0.1) is 17.8 Å². The molecule has 0 unspecified atom stereocenters. The SMILES string of the molecule is CCOC=C(C(=O)c1ccc(C(C)(C)C)cc1[N+](=O)[O-])C(=O)C1CC1. The highest BCUT2D eigenvalue weighted by atomic mass is 16.6. The monoisotopic (exact) mass is 345 g/mol. The van der Waals surface area contributed by atoms with E-state index >= 15 is 0 Å². The number of nitro groups is 1. The minimum absolute atomic E-state index is 0.0852. The zero-order valence-corrected chi connectivity index (χ0v) is 15.0. The highest BCUT2D eigenvalue weighted by Crippen LogP contribution is 2.35. The Morgan fingerprint density at radius 1 is 1.32 bits per heavy atom. The van der Waals surface area contributed by atoms with Gasteiger partial charge in [-0.3, -0.25) is 19.7 Å². The highest BCUT2D eigenvalue weighted by molar-refractivity contribution is 6.28. The molecule has 0 spiro atoms. The molecular weight excluding hydrogens is 322 g/mol. The smallest absolute Gasteiger partial charge is 0.280 e. The lowest BCUT2D eigenvalue weighted by Gasteiger charge is -2.19. The van der Waals surface area contributed by atoms with Crippen molar-refractivity contribution in [2.75, 3.05) is 6.61 Å². The standard InChI is InChI=1S/C19H23NO5/c1-5-25-11-15(17(21)12-6-7-12)18(22)14-9-8-13(19(2,3)4)10-16(14)20(23)24/h8-12H,5-7H2,1-4H3. The van der Waals surface area contributed by atoms with Crippen LogP contribution >= 0.6 is 0 Å². The predicted molar refractivity (Wildman–Crippen MR) is 93.6 cm³/mol. The van der Waals surface area contributed by atoms with Gasteiger partial charge in [-0.2, -0.15) is 0 Å². The Hall–Kier alpha value is -2.50. The third kappa shape index (κ3) is 4.32. The number of carbonyl (C=O) groups is 2. The predicted octanol–water partition coefficient (Wildman–Crippen LogP) is 3.97. The van der Waals surface area contributed by atoms with Crippen LogP contribution in [-0.2, 0) is 14.9 Å². The van der Waals surface area contributed by atoms with E-state index in [1.54, 1.807) is 13.0 Å². The molecule has 1 aliphatic carbocycles. The first-order valence-electron chi connectivity index (χ1n) is 8.36. The summed E-state index contributed by atoms with van der Waals surface area (Å²) in [6.45, 7) is 7.85. The highest BCUT2D eigenvalue weighted by Gasteiger charge is 2.37. The van der Waals surface area contributed by atoms with Gasteiger partial charge in [0.2, 0.25) is 5.78 Å². The molecule has 1 aliphatic rings. The summed E-state index contributed by atoms with van der Waals surface area (Å²) in [6.07, 6.45) is 2.62. The summed E-state index contributed by atoms with van der Waals surface area (Å²) in [6, 6.07) is 4.54. The number of benzene rings is 1. The van der Waals surface area contributed by atoms with Crippen LogP contribution in [0.5, 0.6) is 0 Å². The van der Waals surface area contributed by atoms with Crippen LogP contribution in [0.1, 0.15) is 56.5 Å². The number of rotatable bonds is 7. The molecule has 134 valence electrons. The first-order chi connectivity index (χ1) is 11.7. The number of allylic oxidation sites excluding steroid dienone is 1. The average Bonchev–Trinajstić information content (AvgIpc) is 3.38. The fourth-order valence-electron chi connectivity index (χ4n) is 2.44. The van der Waals surface area contributed by atoms with Crippen molar-refractivity contribution in [1.29, 1.82) is 0 Å². The lowest BCUT2D eigenvalue weighted by Crippen LogP contribution is -2.18. The second-order valence-electron chi connectivity index (χ2n) is 7.19. The van der Waals surface area contributed by atoms with Gasteiger partial charge < -0.3 is 4.74 Å². The van der Waals surface area contributed by atoms with Crippen LogP contribution < -0.4 is 0 Å². The average molecular weight is 345 g/mol. The Bertz CT molecular complexity index is 739. The molecular formula is C19H23NO5. The van der Waals surface area contributed by atoms with Gasteiger partial charge in [-0.1, -0.05) is 26.8 Å². The van der Waals surface area contributed by atoms with Crippen LogP contribution in [0, 0.1) is 16.0 Å². The molecule has 1 aromatic carbocycles. The maximum Gasteiger partial charge on any atom is 0.280 e. The first-order valence-corrected chi connectivity index (χ1v) is 8.36. The van der Waals surface area contributed by atoms with Crippen molar-refractivity contribution in [3.8, 4) is 0 Å². The van der Waals surface area contributed by atoms with Crippen molar-refractivity contribution < 1.29 is 19.2 Å². The van der Waals surface area contributed by atoms with E-state index in [9.17, 15) is 19.7 Å². The van der Waals surface area contributed by atoms with Gasteiger partial charge in [0, 0.05) is 12.0 Å². The summed E-state index contributed by atoms with van der Waals surface area (Å²) < 4.78 is 5.14. The fraction of sp³-hybridized carbons (Fsp3) is 0.474. The van der Waals surface area contributed by atoms with E-state index in [1.807, 2.05) is 20.8 Å². The molecule has 1 aromatic rings. The Kier molecular flexibility index (Phi) is 5.40. The van der Waals surface area contributed by atoms with E-state index in [1.165, 1.54) is 12.1 Å². The number of hydrogen-bond acceptors (Lipinski definition) is 5. The van der Waals surface area contributed by atoms with Gasteiger partial charge in [-0.15, -0.1) is 0 Å². The van der Waals surface area contributed by atoms with Crippen molar-refractivity contribution in [2.24, 2.45) is 5.92 Å². The van der Waals surface area contributed by atoms with Gasteiger partial charge in [0.15, 0.2) is 5.78 Å². The number of ketones is 2. The molecule has 6 heteroatoms. The van der Waals surface area contributed by atoms with Crippen molar-refractivity contribution in [3.05, 3.63) is 51.3 Å². The summed E-state index contributed by atoms with van der Waals surface area (Å²) in [7, 11) is 0. The van der Waals surface area contributed by atoms with Crippen LogP contribution in [0.2, 0.25) is 0 Å². The zero-order chi connectivity index (χ0) is 18.8. The molecule has 0 aromatic heterocycles. The number of nitro benzene ring substituents is 1. The molecule has 25 heavy (non-hydrogen) atoms. The van der Waals surface area contributed by atoms with Gasteiger partial charge >= 0.3 is 0 Å². The number of carbonyl (C=O) groups excluding carboxylic acids is 2. The summed E-state index contributed by atoms with van der Waals surface area (Å²) in [5.74, 6) is -1.13. The number of nitrogens with zero attached hydrogens (tertiary/aromatic N) is 1. The molecule has 0 radical (unpaired) electrons. The molecule has 0 bridgehead atoms. The van der Waals surface area contributed by atoms with Gasteiger partial charge in [-0.25, -0.2) is 0 Å². The summed E-state index contributed by atoms with van der Waals surface area (Å²) in [5.41, 5.74) is -0.0305. The summed E-state index contributed by atoms with van der Waals surface area (Å²) in [5, 5.41) is 11.5. The molecule has 2 rings (SSSR count). The summed E-state index contributed by atoms with van der Waals surface area (Å²) in [4.78, 5) is 36.1. The zero-order valence-electron chi connectivity index (χ0n) is 15.0. The number of hydrogen-bond donors (Lipinski definition) is 0. The molecule has 6 nitrogen and oxygen atoms in total. The lowest BCUT2D eigenvalue weighted by molar-refractivity contribution is -0.385. The third-order valence-electron chi connectivity index (χ3n) is 4.13. The Labute approximate surface area is 147 Å². The molecule has 0 amide bonds. The first kappa shape index (κ1) is 18.8. The number of Topliss-reactive ketones (excluding diaryl/α,β-unsaturated/α-hetero) is 2. The van der Waals surface area contributed by atoms with E-state index in [0.717, 1.165) is 24.7 Å². The van der Waals surface area contributed by atoms with E-state index < -0.39 is 10.7 Å². The fourth-order valence-corrected chi connectivity index (χ4v) is 2.44. The van der Waals surface area contributed by atoms with Crippen molar-refractivity contribution in [3.63, 3.8) is 0 Å². The minimum atomic E-state index is -0.655. The molecule has 0 saturated heterocycles. The minimum Gasteiger partial charge on any atom is -0.501 e. The Morgan fingerprint density at radius 2 is 1.96 bits per heavy atom. The Balaban J connectivity index is 2.48. The summed E-state index contributed by atoms with van der Waals surface area (Å²) >= 11 is 0. The second kappa shape index (κ2) is 7.17. The largest absolute Gasteiger partial charge is 0.501 e. The van der Waals surface area contributed by atoms with Crippen LogP contribution in [0.4, 0.5) is 5.69 Å². The van der Waals surface area contributed by atoms with Crippen molar-refractivity contribution >= 4 is 17.3 Å². The quantitative estimate of drug-likeness (QED) is 0.142. The molecule has 1 saturated carbocycles. The normalized spacial score (nSPS) is 15.0. The maximum atomic E-state index is 12.8. The van der Waals surface area contributed by atoms with Gasteiger partial charge in [0.25, 0.3) is 5.69 Å². The topological polar surface area (TPSA) is 86.5 Å². The molecule has 0 aliphatic heterocycles. The van der Waals surface area contributed by atoms with Crippen molar-refractivity contribution in [2.45, 2.75) is 46.0 Å². The van der Waals surface area contributed by atoms with E-state index in [-0.39, 0.29) is 33.9 Å². The van der Waals surface area contributed by atoms with Crippen LogP contribution in [0.15, 0.2) is 30.0 Å². The molecule has 0 N–H and O–H groups in total. The molecule has 0 atom stereocenters. The third-order valence-corrected chi connectivity index (χ3v) is 4.13. The van der Waals surface area contributed by atoms with Gasteiger partial charge in [0.1, 0.15) is 11.1 Å². The maximum absolute atomic E-state index is 12.8. The second-order valence-corrected chi connectivity index (χ2v) is 7.19. The van der Waals surface area contributed by atoms with Crippen LogP contribution in [0.3, 0.4) is 0 Å². The van der Waals surface area contributed by atoms with Gasteiger partial charge in [-0.05, 0) is 36.8 Å². The number of ether oxygens (including phenoxy) is 1. The van der Waals surface area contributed by atoms with Crippen LogP contribution in [-0.4, -0.2) is 23.1 Å². The van der Waals surface area contributed by atoms with Crippen LogP contribution in [0.25, 0.3) is 0 Å². The van der Waals surface area contributed by atoms with Crippen molar-refractivity contribution in [1.82, 2.24) is 0 Å². The Morgan fingerprint density at radius 3 is 2.44 bits per heavy atom. The lowest BCUT2D eigenvalue weighted by atomic mass is 9.85. The van der Waals surface area contributed by atoms with E-state index in [0.29, 0.717) is 6.61 Å². The molecule has 0 heterocycles. The van der Waals surface area contributed by atoms with E-state index in [2.05, 4.69) is 0 Å². The molecule has 1 fully saturated rings.